The van der Waals surface area contributed by atoms with Crippen LogP contribution < -0.4 is 15.2 Å². The zero-order valence-electron chi connectivity index (χ0n) is 19.1. The number of fused-ring (bicyclic) bond motifs is 1. The van der Waals surface area contributed by atoms with E-state index in [9.17, 15) is 31.2 Å². The summed E-state index contributed by atoms with van der Waals surface area (Å²) in [5, 5.41) is 8.26. The van der Waals surface area contributed by atoms with E-state index < -0.39 is 34.1 Å². The third-order valence-corrected chi connectivity index (χ3v) is 7.21. The number of benzene rings is 3. The van der Waals surface area contributed by atoms with E-state index in [1.807, 2.05) is 0 Å². The molecular formula is C24H21F3N4O5S. The van der Waals surface area contributed by atoms with Crippen LogP contribution in [0.4, 0.5) is 13.2 Å². The molecule has 0 aliphatic carbocycles. The second kappa shape index (κ2) is 9.82. The number of carbonyl (C=O) groups excluding carboxylic acids is 2. The molecule has 4 N–H and O–H groups in total. The van der Waals surface area contributed by atoms with Gasteiger partial charge in [-0.1, -0.05) is 30.3 Å². The predicted molar refractivity (Wildman–Crippen MR) is 127 cm³/mol. The molecule has 0 radical (unpaired) electrons. The van der Waals surface area contributed by atoms with Gasteiger partial charge in [0.25, 0.3) is 0 Å². The number of nitrogens with two attached hydrogens (primary N) is 1. The number of hydrogen-bond donors (Lipinski definition) is 3. The van der Waals surface area contributed by atoms with E-state index in [2.05, 4.69) is 9.46 Å². The smallest absolute Gasteiger partial charge is 0.420 e. The normalized spacial score (nSPS) is 16.2. The number of alkyl halides is 3. The summed E-state index contributed by atoms with van der Waals surface area (Å²) in [6.07, 6.45) is -4.89. The van der Waals surface area contributed by atoms with Gasteiger partial charge in [-0.25, -0.2) is 13.2 Å². The van der Waals surface area contributed by atoms with Crippen molar-refractivity contribution in [1.82, 2.24) is 9.62 Å². The Bertz CT molecular complexity index is 1510. The Morgan fingerprint density at radius 1 is 1.11 bits per heavy atom. The Morgan fingerprint density at radius 2 is 1.81 bits per heavy atom. The first kappa shape index (κ1) is 26.1. The predicted octanol–water partition coefficient (Wildman–Crippen LogP) is 2.67. The molecule has 1 amide bonds. The van der Waals surface area contributed by atoms with E-state index in [0.717, 1.165) is 11.6 Å². The standard InChI is InChI=1S/C24H21F3N4O5S/c25-24(26,27)23(33)36-18-6-4-16-12-19(7-5-15(16)11-18)37(34,35)30-20-8-9-31(22(20)32)13-14-2-1-3-17(10-14)21(28)29/h1-7,10-12,20,30H,8-9,13H2,(H3,28,29)/t20-/m0/s1. The van der Waals surface area contributed by atoms with E-state index >= 15 is 0 Å². The zero-order valence-corrected chi connectivity index (χ0v) is 19.9. The highest BCUT2D eigenvalue weighted by Crippen LogP contribution is 2.27. The summed E-state index contributed by atoms with van der Waals surface area (Å²) in [5.74, 6) is -3.20. The second-order valence-corrected chi connectivity index (χ2v) is 10.1. The molecule has 3 aromatic carbocycles. The van der Waals surface area contributed by atoms with Crippen LogP contribution in [-0.4, -0.2) is 49.8 Å². The van der Waals surface area contributed by atoms with Crippen LogP contribution in [0.5, 0.6) is 5.75 Å². The summed E-state index contributed by atoms with van der Waals surface area (Å²) in [4.78, 5) is 25.3. The van der Waals surface area contributed by atoms with Gasteiger partial charge in [0.05, 0.1) is 4.90 Å². The molecule has 3 aromatic rings. The number of sulfonamides is 1. The molecule has 194 valence electrons. The van der Waals surface area contributed by atoms with Gasteiger partial charge in [-0.05, 0) is 53.1 Å². The monoisotopic (exact) mass is 534 g/mol. The number of hydrogen-bond acceptors (Lipinski definition) is 6. The largest absolute Gasteiger partial charge is 0.491 e. The highest BCUT2D eigenvalue weighted by molar-refractivity contribution is 7.89. The van der Waals surface area contributed by atoms with Gasteiger partial charge in [-0.2, -0.15) is 17.9 Å². The van der Waals surface area contributed by atoms with Crippen LogP contribution in [0.1, 0.15) is 17.5 Å². The zero-order chi connectivity index (χ0) is 27.0. The molecule has 4 rings (SSSR count). The van der Waals surface area contributed by atoms with Crippen molar-refractivity contribution in [3.8, 4) is 5.75 Å². The van der Waals surface area contributed by atoms with Crippen molar-refractivity contribution in [1.29, 1.82) is 5.41 Å². The minimum atomic E-state index is -5.15. The van der Waals surface area contributed by atoms with Gasteiger partial charge in [0, 0.05) is 18.7 Å². The first-order valence-corrected chi connectivity index (χ1v) is 12.4. The summed E-state index contributed by atoms with van der Waals surface area (Å²) in [5.41, 5.74) is 6.77. The highest BCUT2D eigenvalue weighted by Gasteiger charge is 2.41. The Balaban J connectivity index is 1.46. The fourth-order valence-corrected chi connectivity index (χ4v) is 5.17. The number of amidine groups is 1. The molecule has 0 unspecified atom stereocenters. The SMILES string of the molecule is N=C(N)c1cccc(CN2CC[C@H](NS(=O)(=O)c3ccc4cc(OC(=O)C(F)(F)F)ccc4c3)C2=O)c1. The van der Waals surface area contributed by atoms with Crippen molar-refractivity contribution < 1.29 is 35.9 Å². The first-order chi connectivity index (χ1) is 17.3. The summed E-state index contributed by atoms with van der Waals surface area (Å²) < 4.78 is 69.9. The number of esters is 1. The van der Waals surface area contributed by atoms with Crippen LogP contribution in [0.15, 0.2) is 65.6 Å². The Labute approximate surface area is 209 Å². The lowest BCUT2D eigenvalue weighted by Gasteiger charge is -2.18. The number of nitrogen functional groups attached to an aromatic ring is 1. The minimum Gasteiger partial charge on any atom is -0.420 e. The number of carbonyl (C=O) groups is 2. The van der Waals surface area contributed by atoms with Crippen LogP contribution in [0.25, 0.3) is 10.8 Å². The molecule has 1 aliphatic rings. The Hall–Kier alpha value is -3.97. The lowest BCUT2D eigenvalue weighted by molar-refractivity contribution is -0.189. The van der Waals surface area contributed by atoms with E-state index in [1.165, 1.54) is 35.2 Å². The Kier molecular flexibility index (Phi) is 6.93. The van der Waals surface area contributed by atoms with Crippen molar-refractivity contribution in [2.75, 3.05) is 6.54 Å². The third-order valence-electron chi connectivity index (χ3n) is 5.74. The summed E-state index contributed by atoms with van der Waals surface area (Å²) in [6, 6.07) is 13.4. The van der Waals surface area contributed by atoms with E-state index in [-0.39, 0.29) is 29.4 Å². The fraction of sp³-hybridized carbons (Fsp3) is 0.208. The van der Waals surface area contributed by atoms with Gasteiger partial charge in [0.15, 0.2) is 0 Å². The second-order valence-electron chi connectivity index (χ2n) is 8.39. The number of nitrogens with one attached hydrogen (secondary N) is 2. The summed E-state index contributed by atoms with van der Waals surface area (Å²) in [7, 11) is -4.11. The van der Waals surface area contributed by atoms with Crippen molar-refractivity contribution in [2.45, 2.75) is 30.1 Å². The van der Waals surface area contributed by atoms with Crippen molar-refractivity contribution in [2.24, 2.45) is 5.73 Å². The average Bonchev–Trinajstić information content (AvgIpc) is 3.16. The van der Waals surface area contributed by atoms with Crippen LogP contribution >= 0.6 is 0 Å². The van der Waals surface area contributed by atoms with Gasteiger partial charge in [-0.15, -0.1) is 0 Å². The van der Waals surface area contributed by atoms with Crippen LogP contribution in [0, 0.1) is 5.41 Å². The summed E-state index contributed by atoms with van der Waals surface area (Å²) in [6.45, 7) is 0.558. The number of amides is 1. The van der Waals surface area contributed by atoms with Gasteiger partial charge in [-0.3, -0.25) is 10.2 Å². The van der Waals surface area contributed by atoms with Gasteiger partial charge < -0.3 is 15.4 Å². The average molecular weight is 535 g/mol. The van der Waals surface area contributed by atoms with E-state index in [4.69, 9.17) is 11.1 Å². The lowest BCUT2D eigenvalue weighted by atomic mass is 10.1. The quantitative estimate of drug-likeness (QED) is 0.184. The Morgan fingerprint density at radius 3 is 2.51 bits per heavy atom. The molecule has 1 fully saturated rings. The molecule has 1 atom stereocenters. The number of ether oxygens (including phenoxy) is 1. The maximum absolute atomic E-state index is 13.0. The number of rotatable bonds is 7. The van der Waals surface area contributed by atoms with Crippen molar-refractivity contribution in [3.05, 3.63) is 71.8 Å². The number of nitrogens with zero attached hydrogens (tertiary/aromatic N) is 1. The first-order valence-electron chi connectivity index (χ1n) is 10.9. The van der Waals surface area contributed by atoms with Crippen LogP contribution in [-0.2, 0) is 26.2 Å². The summed E-state index contributed by atoms with van der Waals surface area (Å²) >= 11 is 0. The van der Waals surface area contributed by atoms with E-state index in [0.29, 0.717) is 22.9 Å². The number of likely N-dealkylation sites (tertiary alicyclic amines) is 1. The van der Waals surface area contributed by atoms with E-state index in [1.54, 1.807) is 24.3 Å². The number of halogens is 3. The molecule has 0 aromatic heterocycles. The maximum atomic E-state index is 13.0. The molecule has 1 saturated heterocycles. The molecule has 0 spiro atoms. The molecular weight excluding hydrogens is 513 g/mol. The van der Waals surface area contributed by atoms with Crippen LogP contribution in [0.2, 0.25) is 0 Å². The minimum absolute atomic E-state index is 0.103. The lowest BCUT2D eigenvalue weighted by Crippen LogP contribution is -2.41. The maximum Gasteiger partial charge on any atom is 0.491 e. The molecule has 0 saturated carbocycles. The molecule has 0 bridgehead atoms. The molecule has 37 heavy (non-hydrogen) atoms. The fourth-order valence-electron chi connectivity index (χ4n) is 3.92. The van der Waals surface area contributed by atoms with Crippen molar-refractivity contribution in [3.63, 3.8) is 0 Å². The molecule has 1 heterocycles. The van der Waals surface area contributed by atoms with Gasteiger partial charge in [0.1, 0.15) is 17.6 Å². The highest BCUT2D eigenvalue weighted by atomic mass is 32.2. The van der Waals surface area contributed by atoms with Gasteiger partial charge in [0.2, 0.25) is 15.9 Å². The van der Waals surface area contributed by atoms with Crippen molar-refractivity contribution >= 4 is 38.5 Å². The molecule has 9 nitrogen and oxygen atoms in total. The molecule has 1 aliphatic heterocycles. The van der Waals surface area contributed by atoms with Crippen LogP contribution in [0.3, 0.4) is 0 Å². The third kappa shape index (κ3) is 5.89. The molecule has 13 heteroatoms. The van der Waals surface area contributed by atoms with Gasteiger partial charge >= 0.3 is 12.1 Å². The topological polar surface area (TPSA) is 143 Å².